The minimum Gasteiger partial charge on any atom is -0.464 e. The largest absolute Gasteiger partial charge is 0.464 e. The fourth-order valence-corrected chi connectivity index (χ4v) is 3.57. The maximum Gasteiger partial charge on any atom is 0.358 e. The Morgan fingerprint density at radius 3 is 2.57 bits per heavy atom. The Morgan fingerprint density at radius 2 is 2.00 bits per heavy atom. The second-order valence-corrected chi connectivity index (χ2v) is 6.01. The van der Waals surface area contributed by atoms with E-state index in [0.29, 0.717) is 18.1 Å². The first kappa shape index (κ1) is 14.3. The van der Waals surface area contributed by atoms with Crippen LogP contribution in [0.15, 0.2) is 12.1 Å². The number of hydrogen-bond donors (Lipinski definition) is 1. The molecule has 3 heterocycles. The van der Waals surface area contributed by atoms with Crippen molar-refractivity contribution >= 4 is 11.8 Å². The number of rotatable bonds is 3. The SMILES string of the molecule is COC(=O)c1ccc(NC2CC3CCCC(C2)N3C)nn1. The zero-order valence-electron chi connectivity index (χ0n) is 12.6. The monoisotopic (exact) mass is 290 g/mol. The van der Waals surface area contributed by atoms with E-state index >= 15 is 0 Å². The van der Waals surface area contributed by atoms with E-state index < -0.39 is 5.97 Å². The number of piperidine rings is 2. The van der Waals surface area contributed by atoms with Gasteiger partial charge in [0.1, 0.15) is 5.82 Å². The van der Waals surface area contributed by atoms with E-state index in [2.05, 4.69) is 32.2 Å². The van der Waals surface area contributed by atoms with E-state index in [4.69, 9.17) is 0 Å². The summed E-state index contributed by atoms with van der Waals surface area (Å²) in [5, 5.41) is 11.4. The van der Waals surface area contributed by atoms with Crippen molar-refractivity contribution in [2.45, 2.75) is 50.2 Å². The third kappa shape index (κ3) is 3.00. The molecule has 0 amide bonds. The molecule has 0 saturated carbocycles. The van der Waals surface area contributed by atoms with Crippen LogP contribution in [-0.2, 0) is 4.74 Å². The highest BCUT2D eigenvalue weighted by Gasteiger charge is 2.35. The predicted molar refractivity (Wildman–Crippen MR) is 79.2 cm³/mol. The first-order valence-electron chi connectivity index (χ1n) is 7.58. The van der Waals surface area contributed by atoms with E-state index in [-0.39, 0.29) is 5.69 Å². The second-order valence-electron chi connectivity index (χ2n) is 6.01. The molecule has 2 unspecified atom stereocenters. The summed E-state index contributed by atoms with van der Waals surface area (Å²) in [4.78, 5) is 13.9. The van der Waals surface area contributed by atoms with E-state index in [1.54, 1.807) is 12.1 Å². The summed E-state index contributed by atoms with van der Waals surface area (Å²) >= 11 is 0. The maximum atomic E-state index is 11.3. The van der Waals surface area contributed by atoms with Gasteiger partial charge in [-0.25, -0.2) is 4.79 Å². The molecule has 1 aromatic heterocycles. The molecule has 2 bridgehead atoms. The zero-order valence-corrected chi connectivity index (χ0v) is 12.6. The van der Waals surface area contributed by atoms with Gasteiger partial charge in [0.15, 0.2) is 5.69 Å². The zero-order chi connectivity index (χ0) is 14.8. The number of carbonyl (C=O) groups excluding carboxylic acids is 1. The van der Waals surface area contributed by atoms with Gasteiger partial charge >= 0.3 is 5.97 Å². The summed E-state index contributed by atoms with van der Waals surface area (Å²) in [7, 11) is 3.59. The van der Waals surface area contributed by atoms with Crippen molar-refractivity contribution in [3.05, 3.63) is 17.8 Å². The van der Waals surface area contributed by atoms with Crippen molar-refractivity contribution in [3.8, 4) is 0 Å². The summed E-state index contributed by atoms with van der Waals surface area (Å²) in [5.41, 5.74) is 0.239. The van der Waals surface area contributed by atoms with Gasteiger partial charge in [0.05, 0.1) is 7.11 Å². The van der Waals surface area contributed by atoms with Crippen molar-refractivity contribution in [2.75, 3.05) is 19.5 Å². The third-order valence-electron chi connectivity index (χ3n) is 4.75. The van der Waals surface area contributed by atoms with Gasteiger partial charge in [0, 0.05) is 18.1 Å². The fourth-order valence-electron chi connectivity index (χ4n) is 3.57. The molecule has 1 N–H and O–H groups in total. The molecular formula is C15H22N4O2. The lowest BCUT2D eigenvalue weighted by atomic mass is 9.82. The van der Waals surface area contributed by atoms with Crippen LogP contribution in [0.4, 0.5) is 5.82 Å². The molecule has 6 nitrogen and oxygen atoms in total. The van der Waals surface area contributed by atoms with Gasteiger partial charge in [-0.3, -0.25) is 0 Å². The summed E-state index contributed by atoms with van der Waals surface area (Å²) in [6.45, 7) is 0. The van der Waals surface area contributed by atoms with Gasteiger partial charge in [-0.1, -0.05) is 6.42 Å². The Labute approximate surface area is 124 Å². The predicted octanol–water partition coefficient (Wildman–Crippen LogP) is 1.69. The molecular weight excluding hydrogens is 268 g/mol. The van der Waals surface area contributed by atoms with Crippen LogP contribution in [0.2, 0.25) is 0 Å². The fraction of sp³-hybridized carbons (Fsp3) is 0.667. The van der Waals surface area contributed by atoms with Crippen molar-refractivity contribution in [2.24, 2.45) is 0 Å². The molecule has 1 aromatic rings. The van der Waals surface area contributed by atoms with Crippen molar-refractivity contribution in [1.82, 2.24) is 15.1 Å². The highest BCUT2D eigenvalue weighted by molar-refractivity contribution is 5.86. The van der Waals surface area contributed by atoms with Crippen LogP contribution in [0.3, 0.4) is 0 Å². The Kier molecular flexibility index (Phi) is 4.05. The lowest BCUT2D eigenvalue weighted by Crippen LogP contribution is -2.52. The van der Waals surface area contributed by atoms with Crippen LogP contribution >= 0.6 is 0 Å². The average molecular weight is 290 g/mol. The number of ether oxygens (including phenoxy) is 1. The van der Waals surface area contributed by atoms with E-state index in [1.165, 1.54) is 26.4 Å². The van der Waals surface area contributed by atoms with Crippen LogP contribution < -0.4 is 5.32 Å². The summed E-state index contributed by atoms with van der Waals surface area (Å²) in [5.74, 6) is 0.276. The lowest BCUT2D eigenvalue weighted by molar-refractivity contribution is 0.0592. The smallest absolute Gasteiger partial charge is 0.358 e. The highest BCUT2D eigenvalue weighted by Crippen LogP contribution is 2.33. The van der Waals surface area contributed by atoms with Gasteiger partial charge in [-0.2, -0.15) is 0 Å². The van der Waals surface area contributed by atoms with Gasteiger partial charge in [-0.05, 0) is 44.9 Å². The Balaban J connectivity index is 1.63. The minimum absolute atomic E-state index is 0.239. The summed E-state index contributed by atoms with van der Waals surface area (Å²) < 4.78 is 4.62. The van der Waals surface area contributed by atoms with Crippen molar-refractivity contribution in [1.29, 1.82) is 0 Å². The molecule has 3 rings (SSSR count). The molecule has 2 aliphatic heterocycles. The molecule has 0 spiro atoms. The average Bonchev–Trinajstić information content (AvgIpc) is 2.48. The number of anilines is 1. The molecule has 0 aromatic carbocycles. The number of methoxy groups -OCH3 is 1. The normalized spacial score (nSPS) is 29.0. The topological polar surface area (TPSA) is 67.3 Å². The van der Waals surface area contributed by atoms with E-state index in [0.717, 1.165) is 18.7 Å². The quantitative estimate of drug-likeness (QED) is 0.855. The van der Waals surface area contributed by atoms with Crippen LogP contribution in [0.25, 0.3) is 0 Å². The second kappa shape index (κ2) is 5.97. The number of aromatic nitrogens is 2. The van der Waals surface area contributed by atoms with E-state index in [1.807, 2.05) is 0 Å². The standard InChI is InChI=1S/C15H22N4O2/c1-19-11-4-3-5-12(19)9-10(8-11)16-14-7-6-13(17-18-14)15(20)21-2/h6-7,10-12H,3-5,8-9H2,1-2H3,(H,16,18). The van der Waals surface area contributed by atoms with Crippen LogP contribution in [-0.4, -0.2) is 53.3 Å². The molecule has 0 radical (unpaired) electrons. The van der Waals surface area contributed by atoms with E-state index in [9.17, 15) is 4.79 Å². The van der Waals surface area contributed by atoms with Crippen molar-refractivity contribution < 1.29 is 9.53 Å². The molecule has 0 aliphatic carbocycles. The van der Waals surface area contributed by atoms with Gasteiger partial charge < -0.3 is 15.0 Å². The number of fused-ring (bicyclic) bond motifs is 2. The van der Waals surface area contributed by atoms with Crippen molar-refractivity contribution in [3.63, 3.8) is 0 Å². The van der Waals surface area contributed by atoms with Crippen LogP contribution in [0.1, 0.15) is 42.6 Å². The number of carbonyl (C=O) groups is 1. The Bertz CT molecular complexity index is 491. The first-order valence-corrected chi connectivity index (χ1v) is 7.58. The third-order valence-corrected chi connectivity index (χ3v) is 4.75. The molecule has 2 saturated heterocycles. The number of nitrogens with zero attached hydrogens (tertiary/aromatic N) is 3. The van der Waals surface area contributed by atoms with Gasteiger partial charge in [0.25, 0.3) is 0 Å². The van der Waals surface area contributed by atoms with Crippen LogP contribution in [0, 0.1) is 0 Å². The number of esters is 1. The molecule has 114 valence electrons. The highest BCUT2D eigenvalue weighted by atomic mass is 16.5. The molecule has 2 atom stereocenters. The number of nitrogens with one attached hydrogen (secondary N) is 1. The molecule has 2 fully saturated rings. The molecule has 21 heavy (non-hydrogen) atoms. The number of hydrogen-bond acceptors (Lipinski definition) is 6. The van der Waals surface area contributed by atoms with Crippen LogP contribution in [0.5, 0.6) is 0 Å². The van der Waals surface area contributed by atoms with Gasteiger partial charge in [0.2, 0.25) is 0 Å². The summed E-state index contributed by atoms with van der Waals surface area (Å²) in [6.07, 6.45) is 6.22. The molecule has 6 heteroatoms. The lowest BCUT2D eigenvalue weighted by Gasteiger charge is -2.47. The molecule has 2 aliphatic rings. The van der Waals surface area contributed by atoms with Gasteiger partial charge in [-0.15, -0.1) is 10.2 Å². The Morgan fingerprint density at radius 1 is 1.29 bits per heavy atom. The Hall–Kier alpha value is -1.69. The first-order chi connectivity index (χ1) is 10.2. The maximum absolute atomic E-state index is 11.3. The summed E-state index contributed by atoms with van der Waals surface area (Å²) in [6, 6.07) is 5.24. The minimum atomic E-state index is -0.456.